The molecule has 0 bridgehead atoms. The fourth-order valence-corrected chi connectivity index (χ4v) is 3.40. The fraction of sp³-hybridized carbons (Fsp3) is 0.263. The van der Waals surface area contributed by atoms with E-state index >= 15 is 0 Å². The second kappa shape index (κ2) is 7.85. The lowest BCUT2D eigenvalue weighted by atomic mass is 10.1. The van der Waals surface area contributed by atoms with Gasteiger partial charge in [0.05, 0.1) is 16.8 Å². The largest absolute Gasteiger partial charge is 0.494 e. The molecule has 1 heterocycles. The van der Waals surface area contributed by atoms with Crippen molar-refractivity contribution in [2.75, 3.05) is 11.9 Å². The van der Waals surface area contributed by atoms with Gasteiger partial charge < -0.3 is 4.74 Å². The minimum absolute atomic E-state index is 0.209. The average molecular weight is 375 g/mol. The van der Waals surface area contributed by atoms with Crippen molar-refractivity contribution in [3.8, 4) is 5.75 Å². The molecule has 6 heteroatoms. The standard InChI is InChI=1S/C19H19ClN2O2S/c1-12(2)8-9-24-15-5-3-4-13(10-15)18(23)22-19-21-16-7-6-14(20)11-17(16)25-19/h3-7,10-12H,8-9H2,1-2H3,(H,21,22,23). The van der Waals surface area contributed by atoms with Crippen molar-refractivity contribution in [2.24, 2.45) is 5.92 Å². The summed E-state index contributed by atoms with van der Waals surface area (Å²) in [5.74, 6) is 1.07. The summed E-state index contributed by atoms with van der Waals surface area (Å²) in [6.45, 7) is 4.94. The van der Waals surface area contributed by atoms with Crippen molar-refractivity contribution in [1.82, 2.24) is 4.98 Å². The second-order valence-corrected chi connectivity index (χ2v) is 7.61. The Kier molecular flexibility index (Phi) is 5.56. The highest BCUT2D eigenvalue weighted by Crippen LogP contribution is 2.28. The van der Waals surface area contributed by atoms with Crippen LogP contribution < -0.4 is 10.1 Å². The summed E-state index contributed by atoms with van der Waals surface area (Å²) in [4.78, 5) is 16.9. The first kappa shape index (κ1) is 17.7. The van der Waals surface area contributed by atoms with E-state index in [-0.39, 0.29) is 5.91 Å². The van der Waals surface area contributed by atoms with Crippen LogP contribution in [0, 0.1) is 5.92 Å². The Morgan fingerprint density at radius 2 is 2.12 bits per heavy atom. The zero-order valence-corrected chi connectivity index (χ0v) is 15.7. The second-order valence-electron chi connectivity index (χ2n) is 6.14. The van der Waals surface area contributed by atoms with Gasteiger partial charge in [0.15, 0.2) is 5.13 Å². The molecular weight excluding hydrogens is 356 g/mol. The van der Waals surface area contributed by atoms with Crippen molar-refractivity contribution in [3.05, 3.63) is 53.1 Å². The highest BCUT2D eigenvalue weighted by Gasteiger charge is 2.11. The zero-order valence-electron chi connectivity index (χ0n) is 14.1. The van der Waals surface area contributed by atoms with Gasteiger partial charge in [-0.15, -0.1) is 0 Å². The molecule has 3 aromatic rings. The smallest absolute Gasteiger partial charge is 0.257 e. The first-order chi connectivity index (χ1) is 12.0. The third kappa shape index (κ3) is 4.71. The molecule has 4 nitrogen and oxygen atoms in total. The van der Waals surface area contributed by atoms with Crippen molar-refractivity contribution >= 4 is 44.2 Å². The number of fused-ring (bicyclic) bond motifs is 1. The molecular formula is C19H19ClN2O2S. The number of carbonyl (C=O) groups excluding carboxylic acids is 1. The number of halogens is 1. The molecule has 0 saturated carbocycles. The Labute approximate surface area is 155 Å². The third-order valence-electron chi connectivity index (χ3n) is 3.63. The lowest BCUT2D eigenvalue weighted by Gasteiger charge is -2.09. The molecule has 0 unspecified atom stereocenters. The van der Waals surface area contributed by atoms with Crippen LogP contribution in [0.3, 0.4) is 0 Å². The molecule has 0 saturated heterocycles. The van der Waals surface area contributed by atoms with E-state index in [1.54, 1.807) is 18.2 Å². The minimum atomic E-state index is -0.209. The van der Waals surface area contributed by atoms with E-state index in [1.165, 1.54) is 11.3 Å². The van der Waals surface area contributed by atoms with E-state index in [1.807, 2.05) is 24.3 Å². The normalized spacial score (nSPS) is 11.0. The molecule has 130 valence electrons. The fourth-order valence-electron chi connectivity index (χ4n) is 2.26. The van der Waals surface area contributed by atoms with E-state index < -0.39 is 0 Å². The van der Waals surface area contributed by atoms with Gasteiger partial charge in [0.1, 0.15) is 5.75 Å². The lowest BCUT2D eigenvalue weighted by Crippen LogP contribution is -2.12. The van der Waals surface area contributed by atoms with Crippen LogP contribution >= 0.6 is 22.9 Å². The first-order valence-electron chi connectivity index (χ1n) is 8.11. The zero-order chi connectivity index (χ0) is 17.8. The number of rotatable bonds is 6. The van der Waals surface area contributed by atoms with E-state index in [0.29, 0.717) is 34.0 Å². The van der Waals surface area contributed by atoms with Gasteiger partial charge >= 0.3 is 0 Å². The van der Waals surface area contributed by atoms with E-state index in [9.17, 15) is 4.79 Å². The van der Waals surface area contributed by atoms with E-state index in [2.05, 4.69) is 24.1 Å². The Morgan fingerprint density at radius 1 is 1.28 bits per heavy atom. The number of nitrogens with one attached hydrogen (secondary N) is 1. The number of ether oxygens (including phenoxy) is 1. The molecule has 3 rings (SSSR count). The van der Waals surface area contributed by atoms with Crippen molar-refractivity contribution in [3.63, 3.8) is 0 Å². The van der Waals surface area contributed by atoms with Gasteiger partial charge in [-0.05, 0) is 48.7 Å². The molecule has 25 heavy (non-hydrogen) atoms. The molecule has 0 spiro atoms. The van der Waals surface area contributed by atoms with E-state index in [0.717, 1.165) is 16.6 Å². The van der Waals surface area contributed by atoms with E-state index in [4.69, 9.17) is 16.3 Å². The first-order valence-corrected chi connectivity index (χ1v) is 9.31. The average Bonchev–Trinajstić information content (AvgIpc) is 2.96. The molecule has 0 aliphatic heterocycles. The quantitative estimate of drug-likeness (QED) is 0.608. The van der Waals surface area contributed by atoms with Crippen molar-refractivity contribution in [2.45, 2.75) is 20.3 Å². The Hall–Kier alpha value is -2.11. The van der Waals surface area contributed by atoms with Crippen LogP contribution in [0.2, 0.25) is 5.02 Å². The Bertz CT molecular complexity index is 892. The van der Waals surface area contributed by atoms with Crippen LogP contribution in [0.4, 0.5) is 5.13 Å². The van der Waals surface area contributed by atoms with Crippen LogP contribution in [0.1, 0.15) is 30.6 Å². The number of hydrogen-bond donors (Lipinski definition) is 1. The van der Waals surface area contributed by atoms with Crippen LogP contribution in [0.25, 0.3) is 10.2 Å². The molecule has 1 N–H and O–H groups in total. The molecule has 1 aromatic heterocycles. The van der Waals surface area contributed by atoms with Crippen molar-refractivity contribution in [1.29, 1.82) is 0 Å². The number of anilines is 1. The van der Waals surface area contributed by atoms with Crippen LogP contribution in [0.5, 0.6) is 5.75 Å². The summed E-state index contributed by atoms with van der Waals surface area (Å²) in [6.07, 6.45) is 0.977. The predicted octanol–water partition coefficient (Wildman–Crippen LogP) is 5.63. The topological polar surface area (TPSA) is 51.2 Å². The van der Waals surface area contributed by atoms with Gasteiger partial charge in [-0.2, -0.15) is 0 Å². The molecule has 0 radical (unpaired) electrons. The number of carbonyl (C=O) groups is 1. The molecule has 1 amide bonds. The molecule has 0 fully saturated rings. The number of amides is 1. The number of nitrogens with zero attached hydrogens (tertiary/aromatic N) is 1. The SMILES string of the molecule is CC(C)CCOc1cccc(C(=O)Nc2nc3ccc(Cl)cc3s2)c1. The van der Waals surface area contributed by atoms with Crippen LogP contribution in [-0.4, -0.2) is 17.5 Å². The highest BCUT2D eigenvalue weighted by molar-refractivity contribution is 7.22. The number of benzene rings is 2. The molecule has 0 aliphatic rings. The van der Waals surface area contributed by atoms with Gasteiger partial charge in [-0.25, -0.2) is 4.98 Å². The summed E-state index contributed by atoms with van der Waals surface area (Å²) in [7, 11) is 0. The third-order valence-corrected chi connectivity index (χ3v) is 4.80. The number of aromatic nitrogens is 1. The van der Waals surface area contributed by atoms with Crippen LogP contribution in [-0.2, 0) is 0 Å². The van der Waals surface area contributed by atoms with Gasteiger partial charge in [0, 0.05) is 10.6 Å². The van der Waals surface area contributed by atoms with Gasteiger partial charge in [-0.1, -0.05) is 42.9 Å². The van der Waals surface area contributed by atoms with Crippen molar-refractivity contribution < 1.29 is 9.53 Å². The summed E-state index contributed by atoms with van der Waals surface area (Å²) in [5, 5.41) is 4.04. The maximum absolute atomic E-state index is 12.5. The summed E-state index contributed by atoms with van der Waals surface area (Å²) in [5.41, 5.74) is 1.36. The maximum Gasteiger partial charge on any atom is 0.257 e. The van der Waals surface area contributed by atoms with Crippen LogP contribution in [0.15, 0.2) is 42.5 Å². The summed E-state index contributed by atoms with van der Waals surface area (Å²) in [6, 6.07) is 12.6. The monoisotopic (exact) mass is 374 g/mol. The Balaban J connectivity index is 1.69. The highest BCUT2D eigenvalue weighted by atomic mass is 35.5. The minimum Gasteiger partial charge on any atom is -0.494 e. The van der Waals surface area contributed by atoms with Gasteiger partial charge in [-0.3, -0.25) is 10.1 Å². The van der Waals surface area contributed by atoms with Gasteiger partial charge in [0.25, 0.3) is 5.91 Å². The predicted molar refractivity (Wildman–Crippen MR) is 104 cm³/mol. The summed E-state index contributed by atoms with van der Waals surface area (Å²) < 4.78 is 6.65. The molecule has 0 atom stereocenters. The number of hydrogen-bond acceptors (Lipinski definition) is 4. The Morgan fingerprint density at radius 3 is 2.92 bits per heavy atom. The lowest BCUT2D eigenvalue weighted by molar-refractivity contribution is 0.102. The maximum atomic E-state index is 12.5. The molecule has 0 aliphatic carbocycles. The summed E-state index contributed by atoms with van der Waals surface area (Å²) >= 11 is 7.38. The molecule has 2 aromatic carbocycles. The number of thiazole rings is 1. The van der Waals surface area contributed by atoms with Gasteiger partial charge in [0.2, 0.25) is 0 Å².